The summed E-state index contributed by atoms with van der Waals surface area (Å²) in [5, 5.41) is 10.6. The first-order valence-corrected chi connectivity index (χ1v) is 6.39. The van der Waals surface area contributed by atoms with Gasteiger partial charge in [-0.25, -0.2) is 0 Å². The summed E-state index contributed by atoms with van der Waals surface area (Å²) in [4.78, 5) is 0. The first-order chi connectivity index (χ1) is 9.73. The van der Waals surface area contributed by atoms with Crippen LogP contribution in [0.5, 0.6) is 0 Å². The molecule has 1 N–H and O–H groups in total. The zero-order valence-electron chi connectivity index (χ0n) is 10.7. The minimum atomic E-state index is -5.80. The first-order valence-electron chi connectivity index (χ1n) is 6.39. The Kier molecular flexibility index (Phi) is 2.99. The third-order valence-corrected chi connectivity index (χ3v) is 3.93. The summed E-state index contributed by atoms with van der Waals surface area (Å²) in [5.74, 6) is -5.19. The van der Waals surface area contributed by atoms with Gasteiger partial charge in [0.1, 0.15) is 0 Å². The number of alkyl halides is 5. The number of hydrogen-bond acceptors (Lipinski definition) is 1. The molecule has 0 amide bonds. The Balaban J connectivity index is 2.19. The molecule has 21 heavy (non-hydrogen) atoms. The van der Waals surface area contributed by atoms with Gasteiger partial charge in [0.25, 0.3) is 0 Å². The van der Waals surface area contributed by atoms with Crippen LogP contribution in [0.2, 0.25) is 0 Å². The second-order valence-electron chi connectivity index (χ2n) is 5.18. The van der Waals surface area contributed by atoms with Crippen LogP contribution in [0.3, 0.4) is 0 Å². The molecule has 6 heteroatoms. The molecule has 0 fully saturated rings. The molecule has 0 saturated carbocycles. The normalized spacial score (nSPS) is 16.5. The minimum absolute atomic E-state index is 0.263. The van der Waals surface area contributed by atoms with Crippen LogP contribution in [-0.2, 0) is 12.8 Å². The molecule has 2 aromatic carbocycles. The molecule has 1 nitrogen and oxygen atoms in total. The van der Waals surface area contributed by atoms with E-state index in [2.05, 4.69) is 0 Å². The molecule has 0 aromatic heterocycles. The van der Waals surface area contributed by atoms with Crippen molar-refractivity contribution in [2.45, 2.75) is 31.0 Å². The van der Waals surface area contributed by atoms with Gasteiger partial charge in [0.2, 0.25) is 0 Å². The molecule has 0 radical (unpaired) electrons. The highest BCUT2D eigenvalue weighted by Gasteiger charge is 2.62. The van der Waals surface area contributed by atoms with Crippen molar-refractivity contribution >= 4 is 10.8 Å². The molecule has 1 aliphatic carbocycles. The van der Waals surface area contributed by atoms with Gasteiger partial charge in [-0.2, -0.15) is 22.0 Å². The number of benzene rings is 2. The Hall–Kier alpha value is -1.69. The SMILES string of the molecule is OC(c1ccc2c3c(cccc13)CC2)C(F)(F)C(F)(F)F. The van der Waals surface area contributed by atoms with Crippen LogP contribution in [0.4, 0.5) is 22.0 Å². The van der Waals surface area contributed by atoms with Crippen molar-refractivity contribution in [3.05, 3.63) is 47.0 Å². The van der Waals surface area contributed by atoms with Crippen molar-refractivity contribution in [3.8, 4) is 0 Å². The number of rotatable bonds is 2. The Morgan fingerprint density at radius 3 is 2.14 bits per heavy atom. The molecule has 0 spiro atoms. The van der Waals surface area contributed by atoms with Gasteiger partial charge in [0.15, 0.2) is 6.10 Å². The van der Waals surface area contributed by atoms with E-state index in [0.29, 0.717) is 5.39 Å². The Morgan fingerprint density at radius 1 is 0.905 bits per heavy atom. The lowest BCUT2D eigenvalue weighted by Crippen LogP contribution is -2.42. The fourth-order valence-electron chi connectivity index (χ4n) is 2.86. The lowest BCUT2D eigenvalue weighted by molar-refractivity contribution is -0.314. The Morgan fingerprint density at radius 2 is 1.52 bits per heavy atom. The maximum atomic E-state index is 13.4. The molecule has 1 unspecified atom stereocenters. The van der Waals surface area contributed by atoms with Crippen LogP contribution in [0.25, 0.3) is 10.8 Å². The van der Waals surface area contributed by atoms with Crippen molar-refractivity contribution in [2.75, 3.05) is 0 Å². The molecule has 0 bridgehead atoms. The van der Waals surface area contributed by atoms with E-state index < -0.39 is 18.2 Å². The molecule has 0 saturated heterocycles. The van der Waals surface area contributed by atoms with E-state index in [-0.39, 0.29) is 10.9 Å². The summed E-state index contributed by atoms with van der Waals surface area (Å²) < 4.78 is 64.1. The second kappa shape index (κ2) is 4.40. The number of aliphatic hydroxyl groups excluding tert-OH is 1. The van der Waals surface area contributed by atoms with E-state index in [0.717, 1.165) is 30.0 Å². The van der Waals surface area contributed by atoms with Crippen molar-refractivity contribution in [2.24, 2.45) is 0 Å². The highest BCUT2D eigenvalue weighted by molar-refractivity contribution is 5.93. The lowest BCUT2D eigenvalue weighted by Gasteiger charge is -2.26. The maximum Gasteiger partial charge on any atom is 0.456 e. The van der Waals surface area contributed by atoms with Crippen molar-refractivity contribution in [1.82, 2.24) is 0 Å². The van der Waals surface area contributed by atoms with Gasteiger partial charge in [0, 0.05) is 0 Å². The van der Waals surface area contributed by atoms with E-state index >= 15 is 0 Å². The number of aliphatic hydroxyl groups is 1. The molecule has 112 valence electrons. The van der Waals surface area contributed by atoms with E-state index in [1.165, 1.54) is 12.1 Å². The highest BCUT2D eigenvalue weighted by atomic mass is 19.4. The van der Waals surface area contributed by atoms with Gasteiger partial charge in [-0.05, 0) is 40.3 Å². The fraction of sp³-hybridized carbons (Fsp3) is 0.333. The van der Waals surface area contributed by atoms with Crippen LogP contribution >= 0.6 is 0 Å². The predicted molar refractivity (Wildman–Crippen MR) is 67.3 cm³/mol. The van der Waals surface area contributed by atoms with Gasteiger partial charge in [0.05, 0.1) is 0 Å². The average Bonchev–Trinajstić information content (AvgIpc) is 2.83. The molecule has 2 aromatic rings. The Labute approximate surface area is 117 Å². The van der Waals surface area contributed by atoms with Gasteiger partial charge in [-0.1, -0.05) is 30.3 Å². The quantitative estimate of drug-likeness (QED) is 0.826. The standard InChI is InChI=1S/C15H11F5O/c16-14(17,15(18,19)20)13(21)11-7-6-9-5-4-8-2-1-3-10(11)12(8)9/h1-3,6-7,13,21H,4-5H2. The van der Waals surface area contributed by atoms with E-state index in [1.54, 1.807) is 6.07 Å². The molecular weight excluding hydrogens is 291 g/mol. The third kappa shape index (κ3) is 2.00. The minimum Gasteiger partial charge on any atom is -0.382 e. The molecular formula is C15H11F5O. The van der Waals surface area contributed by atoms with E-state index in [4.69, 9.17) is 0 Å². The molecule has 0 heterocycles. The predicted octanol–water partition coefficient (Wildman–Crippen LogP) is 4.17. The van der Waals surface area contributed by atoms with Crippen LogP contribution in [-0.4, -0.2) is 17.2 Å². The first kappa shape index (κ1) is 14.3. The maximum absolute atomic E-state index is 13.4. The summed E-state index contributed by atoms with van der Waals surface area (Å²) in [6.45, 7) is 0. The van der Waals surface area contributed by atoms with Crippen molar-refractivity contribution in [3.63, 3.8) is 0 Å². The van der Waals surface area contributed by atoms with Crippen LogP contribution < -0.4 is 0 Å². The number of halogens is 5. The lowest BCUT2D eigenvalue weighted by atomic mass is 9.94. The van der Waals surface area contributed by atoms with Crippen LogP contribution in [0.1, 0.15) is 22.8 Å². The smallest absolute Gasteiger partial charge is 0.382 e. The van der Waals surface area contributed by atoms with E-state index in [9.17, 15) is 27.1 Å². The van der Waals surface area contributed by atoms with Gasteiger partial charge in [-0.3, -0.25) is 0 Å². The fourth-order valence-corrected chi connectivity index (χ4v) is 2.86. The highest BCUT2D eigenvalue weighted by Crippen LogP contribution is 2.46. The largest absolute Gasteiger partial charge is 0.456 e. The summed E-state index contributed by atoms with van der Waals surface area (Å²) >= 11 is 0. The van der Waals surface area contributed by atoms with Gasteiger partial charge >= 0.3 is 12.1 Å². The van der Waals surface area contributed by atoms with Crippen molar-refractivity contribution in [1.29, 1.82) is 0 Å². The topological polar surface area (TPSA) is 20.2 Å². The molecule has 1 aliphatic rings. The summed E-state index contributed by atoms with van der Waals surface area (Å²) in [6, 6.07) is 7.57. The third-order valence-electron chi connectivity index (χ3n) is 3.93. The van der Waals surface area contributed by atoms with Gasteiger partial charge in [-0.15, -0.1) is 0 Å². The van der Waals surface area contributed by atoms with Crippen molar-refractivity contribution < 1.29 is 27.1 Å². The summed E-state index contributed by atoms with van der Waals surface area (Å²) in [5.41, 5.74) is 1.43. The van der Waals surface area contributed by atoms with Crippen LogP contribution in [0.15, 0.2) is 30.3 Å². The average molecular weight is 302 g/mol. The molecule has 1 atom stereocenters. The zero-order valence-corrected chi connectivity index (χ0v) is 10.7. The second-order valence-corrected chi connectivity index (χ2v) is 5.18. The van der Waals surface area contributed by atoms with E-state index in [1.807, 2.05) is 6.07 Å². The summed E-state index contributed by atoms with van der Waals surface area (Å²) in [7, 11) is 0. The molecule has 0 aliphatic heterocycles. The molecule has 3 rings (SSSR count). The number of hydrogen-bond donors (Lipinski definition) is 1. The monoisotopic (exact) mass is 302 g/mol. The van der Waals surface area contributed by atoms with Gasteiger partial charge < -0.3 is 5.11 Å². The zero-order chi connectivity index (χ0) is 15.4. The summed E-state index contributed by atoms with van der Waals surface area (Å²) in [6.07, 6.45) is -7.26. The number of aryl methyl sites for hydroxylation is 2. The van der Waals surface area contributed by atoms with Crippen LogP contribution in [0, 0.1) is 0 Å². The Bertz CT molecular complexity index is 695.